The molecular weight excluding hydrogens is 485 g/mol. The summed E-state index contributed by atoms with van der Waals surface area (Å²) in [4.78, 5) is 25.5. The number of amides is 2. The van der Waals surface area contributed by atoms with Crippen LogP contribution in [0.3, 0.4) is 0 Å². The molecule has 0 aromatic heterocycles. The summed E-state index contributed by atoms with van der Waals surface area (Å²) in [6, 6.07) is 11.8. The Morgan fingerprint density at radius 3 is 2.32 bits per heavy atom. The van der Waals surface area contributed by atoms with Gasteiger partial charge in [-0.1, -0.05) is 27.2 Å². The van der Waals surface area contributed by atoms with Gasteiger partial charge in [0.05, 0.1) is 5.56 Å². The topological polar surface area (TPSA) is 61.4 Å². The number of anilines is 1. The number of fused-ring (bicyclic) bond motifs is 1. The third kappa shape index (κ3) is 9.06. The molecule has 1 aliphatic carbocycles. The minimum absolute atomic E-state index is 0.0976. The van der Waals surface area contributed by atoms with E-state index in [2.05, 4.69) is 68.8 Å². The Hall–Kier alpha value is -2.54. The number of nitrogens with zero attached hydrogens (tertiary/aromatic N) is 1. The number of likely N-dealkylation sites (tertiary alicyclic amines) is 1. The molecule has 1 atom stereocenters. The van der Waals surface area contributed by atoms with E-state index in [1.807, 2.05) is 11.8 Å². The van der Waals surface area contributed by atoms with Gasteiger partial charge in [0.25, 0.3) is 5.91 Å². The number of hydrogen-bond donors (Lipinski definition) is 2. The lowest BCUT2D eigenvalue weighted by molar-refractivity contribution is -0.119. The molecule has 2 aromatic rings. The number of benzene rings is 2. The molecule has 2 amide bonds. The van der Waals surface area contributed by atoms with Crippen LogP contribution >= 0.6 is 11.8 Å². The minimum Gasteiger partial charge on any atom is -0.380 e. The second kappa shape index (κ2) is 15.0. The SMILES string of the molecule is CCC.CCNC(=O)c1cc2c(cc1F)CCC2C.CSc1ccc(NC2(C)CCN(C=O)CC2)cc1. The third-order valence-electron chi connectivity index (χ3n) is 6.78. The first-order valence-electron chi connectivity index (χ1n) is 13.4. The van der Waals surface area contributed by atoms with E-state index in [1.165, 1.54) is 17.4 Å². The molecule has 204 valence electrons. The lowest BCUT2D eigenvalue weighted by Gasteiger charge is -2.39. The van der Waals surface area contributed by atoms with Gasteiger partial charge < -0.3 is 15.5 Å². The van der Waals surface area contributed by atoms with Crippen molar-refractivity contribution < 1.29 is 14.0 Å². The average molecular weight is 530 g/mol. The number of nitrogens with one attached hydrogen (secondary N) is 2. The highest BCUT2D eigenvalue weighted by Crippen LogP contribution is 2.34. The van der Waals surface area contributed by atoms with Crippen LogP contribution in [0.4, 0.5) is 10.1 Å². The van der Waals surface area contributed by atoms with E-state index in [-0.39, 0.29) is 17.0 Å². The summed E-state index contributed by atoms with van der Waals surface area (Å²) in [5.74, 6) is -0.288. The van der Waals surface area contributed by atoms with Crippen LogP contribution in [-0.4, -0.2) is 48.6 Å². The van der Waals surface area contributed by atoms with Crippen molar-refractivity contribution in [1.82, 2.24) is 10.2 Å². The zero-order chi connectivity index (χ0) is 27.4. The maximum absolute atomic E-state index is 13.7. The summed E-state index contributed by atoms with van der Waals surface area (Å²) in [5.41, 5.74) is 3.62. The summed E-state index contributed by atoms with van der Waals surface area (Å²) in [7, 11) is 0. The Balaban J connectivity index is 0.000000237. The Morgan fingerprint density at radius 1 is 1.16 bits per heavy atom. The predicted molar refractivity (Wildman–Crippen MR) is 154 cm³/mol. The first-order chi connectivity index (χ1) is 17.7. The number of aryl methyl sites for hydroxylation is 1. The van der Waals surface area contributed by atoms with Gasteiger partial charge in [0.1, 0.15) is 5.82 Å². The van der Waals surface area contributed by atoms with Crippen LogP contribution < -0.4 is 10.6 Å². The van der Waals surface area contributed by atoms with Crippen LogP contribution in [0.25, 0.3) is 0 Å². The van der Waals surface area contributed by atoms with Crippen molar-refractivity contribution >= 4 is 29.8 Å². The molecule has 0 bridgehead atoms. The number of piperidine rings is 1. The second-order valence-electron chi connectivity index (χ2n) is 10.1. The van der Waals surface area contributed by atoms with Crippen LogP contribution in [0.1, 0.15) is 87.7 Å². The lowest BCUT2D eigenvalue weighted by atomic mass is 9.89. The van der Waals surface area contributed by atoms with Crippen molar-refractivity contribution in [3.05, 3.63) is 58.9 Å². The van der Waals surface area contributed by atoms with Gasteiger partial charge in [-0.15, -0.1) is 11.8 Å². The zero-order valence-corrected chi connectivity index (χ0v) is 24.1. The number of rotatable bonds is 6. The number of hydrogen-bond acceptors (Lipinski definition) is 4. The molecule has 1 heterocycles. The van der Waals surface area contributed by atoms with Crippen molar-refractivity contribution in [2.75, 3.05) is 31.2 Å². The zero-order valence-electron chi connectivity index (χ0n) is 23.3. The molecule has 0 spiro atoms. The van der Waals surface area contributed by atoms with Crippen LogP contribution in [0.15, 0.2) is 41.3 Å². The van der Waals surface area contributed by atoms with Gasteiger partial charge in [-0.25, -0.2) is 4.39 Å². The molecule has 7 heteroatoms. The monoisotopic (exact) mass is 529 g/mol. The van der Waals surface area contributed by atoms with Gasteiger partial charge in [-0.3, -0.25) is 9.59 Å². The summed E-state index contributed by atoms with van der Waals surface area (Å²) >= 11 is 1.75. The van der Waals surface area contributed by atoms with Gasteiger partial charge in [-0.2, -0.15) is 0 Å². The fourth-order valence-corrected chi connectivity index (χ4v) is 4.94. The smallest absolute Gasteiger partial charge is 0.254 e. The largest absolute Gasteiger partial charge is 0.380 e. The Bertz CT molecular complexity index is 1000. The highest BCUT2D eigenvalue weighted by atomic mass is 32.2. The van der Waals surface area contributed by atoms with Gasteiger partial charge in [0, 0.05) is 35.8 Å². The number of carbonyl (C=O) groups is 2. The van der Waals surface area contributed by atoms with E-state index in [1.54, 1.807) is 17.8 Å². The van der Waals surface area contributed by atoms with E-state index in [4.69, 9.17) is 0 Å². The number of halogens is 1. The molecule has 1 saturated heterocycles. The van der Waals surface area contributed by atoms with E-state index in [9.17, 15) is 14.0 Å². The number of thioether (sulfide) groups is 1. The lowest BCUT2D eigenvalue weighted by Crippen LogP contribution is -2.46. The Morgan fingerprint density at radius 2 is 1.78 bits per heavy atom. The van der Waals surface area contributed by atoms with Crippen molar-refractivity contribution in [2.45, 2.75) is 83.1 Å². The molecular formula is C30H44FN3O2S. The standard InChI is InChI=1S/C14H20N2OS.C13H16FNO.C3H8/c1-14(7-9-16(11-17)10-8-14)15-12-3-5-13(18-2)6-4-12;1-3-15-13(16)11-7-10-8(2)4-5-9(10)6-12(11)14;1-3-2/h3-6,11,15H,7-10H2,1-2H3;6-8H,3-5H2,1-2H3,(H,15,16);3H2,1-2H3. The van der Waals surface area contributed by atoms with Crippen molar-refractivity contribution in [3.63, 3.8) is 0 Å². The molecule has 1 unspecified atom stereocenters. The molecule has 5 nitrogen and oxygen atoms in total. The van der Waals surface area contributed by atoms with Crippen molar-refractivity contribution in [1.29, 1.82) is 0 Å². The molecule has 1 aliphatic heterocycles. The maximum atomic E-state index is 13.7. The molecule has 0 saturated carbocycles. The fraction of sp³-hybridized carbons (Fsp3) is 0.533. The summed E-state index contributed by atoms with van der Waals surface area (Å²) in [6.07, 6.45) is 8.24. The van der Waals surface area contributed by atoms with Gasteiger partial charge in [0.2, 0.25) is 6.41 Å². The highest BCUT2D eigenvalue weighted by molar-refractivity contribution is 7.98. The second-order valence-corrected chi connectivity index (χ2v) is 11.0. The van der Waals surface area contributed by atoms with Gasteiger partial charge in [-0.05, 0) is 99.2 Å². The van der Waals surface area contributed by atoms with Crippen molar-refractivity contribution in [2.24, 2.45) is 0 Å². The quantitative estimate of drug-likeness (QED) is 0.317. The predicted octanol–water partition coefficient (Wildman–Crippen LogP) is 6.87. The van der Waals surface area contributed by atoms with Crippen LogP contribution in [0, 0.1) is 5.82 Å². The Kier molecular flexibility index (Phi) is 12.4. The van der Waals surface area contributed by atoms with E-state index in [0.29, 0.717) is 12.5 Å². The van der Waals surface area contributed by atoms with Gasteiger partial charge in [0.15, 0.2) is 0 Å². The molecule has 37 heavy (non-hydrogen) atoms. The summed E-state index contributed by atoms with van der Waals surface area (Å²) < 4.78 is 13.7. The third-order valence-corrected chi connectivity index (χ3v) is 7.52. The van der Waals surface area contributed by atoms with Crippen LogP contribution in [-0.2, 0) is 11.2 Å². The van der Waals surface area contributed by atoms with Crippen LogP contribution in [0.2, 0.25) is 0 Å². The Labute approximate surface area is 227 Å². The first-order valence-corrected chi connectivity index (χ1v) is 14.6. The molecule has 2 aromatic carbocycles. The average Bonchev–Trinajstić information content (AvgIpc) is 3.24. The summed E-state index contributed by atoms with van der Waals surface area (Å²) in [6.45, 7) is 12.6. The molecule has 2 N–H and O–H groups in total. The molecule has 0 radical (unpaired) electrons. The van der Waals surface area contributed by atoms with E-state index >= 15 is 0 Å². The molecule has 1 fully saturated rings. The molecule has 2 aliphatic rings. The number of carbonyl (C=O) groups excluding carboxylic acids is 2. The van der Waals surface area contributed by atoms with Crippen LogP contribution in [0.5, 0.6) is 0 Å². The summed E-state index contributed by atoms with van der Waals surface area (Å²) in [5, 5.41) is 6.23. The van der Waals surface area contributed by atoms with E-state index in [0.717, 1.165) is 62.0 Å². The van der Waals surface area contributed by atoms with Crippen molar-refractivity contribution in [3.8, 4) is 0 Å². The normalized spacial score (nSPS) is 17.4. The first kappa shape index (κ1) is 30.7. The maximum Gasteiger partial charge on any atom is 0.254 e. The fourth-order valence-electron chi connectivity index (χ4n) is 4.53. The van der Waals surface area contributed by atoms with Gasteiger partial charge >= 0.3 is 0 Å². The highest BCUT2D eigenvalue weighted by Gasteiger charge is 2.29. The molecule has 4 rings (SSSR count). The van der Waals surface area contributed by atoms with E-state index < -0.39 is 5.82 Å². The minimum atomic E-state index is -0.404.